The van der Waals surface area contributed by atoms with Gasteiger partial charge in [-0.1, -0.05) is 16.8 Å². The molecule has 21 heavy (non-hydrogen) atoms. The molecule has 0 fully saturated rings. The molecule has 1 amide bonds. The van der Waals surface area contributed by atoms with E-state index in [2.05, 4.69) is 10.5 Å². The number of rotatable bonds is 3. The molecule has 0 atom stereocenters. The fourth-order valence-electron chi connectivity index (χ4n) is 1.65. The molecule has 0 aliphatic rings. The number of nitrogens with one attached hydrogen (secondary N) is 1. The number of amides is 1. The van der Waals surface area contributed by atoms with E-state index in [4.69, 9.17) is 22.5 Å². The van der Waals surface area contributed by atoms with Gasteiger partial charge in [-0.3, -0.25) is 4.79 Å². The Balaban J connectivity index is 2.26. The fourth-order valence-corrected chi connectivity index (χ4v) is 1.81. The zero-order valence-electron chi connectivity index (χ0n) is 10.7. The molecule has 0 bridgehead atoms. The predicted molar refractivity (Wildman–Crippen MR) is 80.0 cm³/mol. The smallest absolute Gasteiger partial charge is 0.255 e. The molecule has 0 heterocycles. The first-order chi connectivity index (χ1) is 10.0. The number of carbonyl (C=O) groups is 1. The fraction of sp³-hybridized carbons (Fsp3) is 0. The van der Waals surface area contributed by atoms with Crippen LogP contribution < -0.4 is 11.1 Å². The van der Waals surface area contributed by atoms with E-state index in [1.165, 1.54) is 36.4 Å². The van der Waals surface area contributed by atoms with Crippen LogP contribution in [0.4, 0.5) is 5.69 Å². The molecule has 108 valence electrons. The third-order valence-electron chi connectivity index (χ3n) is 2.75. The minimum Gasteiger partial charge on any atom is -0.508 e. The Kier molecular flexibility index (Phi) is 4.30. The Bertz CT molecular complexity index is 699. The van der Waals surface area contributed by atoms with Gasteiger partial charge in [-0.25, -0.2) is 0 Å². The van der Waals surface area contributed by atoms with Gasteiger partial charge in [0, 0.05) is 11.1 Å². The van der Waals surface area contributed by atoms with Crippen LogP contribution in [0.25, 0.3) is 0 Å². The highest BCUT2D eigenvalue weighted by atomic mass is 35.5. The first kappa shape index (κ1) is 14.7. The number of phenolic OH excluding ortho intramolecular Hbond substituents is 1. The summed E-state index contributed by atoms with van der Waals surface area (Å²) in [5.41, 5.74) is 6.60. The number of halogens is 1. The standard InChI is InChI=1S/C14H12ClN3O3/c15-11-6-3-9(13(16)18-21)7-12(11)17-14(20)8-1-4-10(19)5-2-8/h1-7,19,21H,(H2,16,18)(H,17,20). The van der Waals surface area contributed by atoms with E-state index >= 15 is 0 Å². The maximum absolute atomic E-state index is 12.1. The molecule has 6 nitrogen and oxygen atoms in total. The van der Waals surface area contributed by atoms with Crippen LogP contribution in [0.2, 0.25) is 5.02 Å². The van der Waals surface area contributed by atoms with Crippen LogP contribution in [0.5, 0.6) is 5.75 Å². The predicted octanol–water partition coefficient (Wildman–Crippen LogP) is 2.39. The van der Waals surface area contributed by atoms with Crippen molar-refractivity contribution in [2.75, 3.05) is 5.32 Å². The van der Waals surface area contributed by atoms with Crippen molar-refractivity contribution < 1.29 is 15.1 Å². The second kappa shape index (κ2) is 6.15. The Morgan fingerprint density at radius 3 is 2.38 bits per heavy atom. The van der Waals surface area contributed by atoms with Gasteiger partial charge in [-0.15, -0.1) is 0 Å². The molecule has 0 saturated heterocycles. The van der Waals surface area contributed by atoms with E-state index in [1.807, 2.05) is 0 Å². The number of nitrogens with zero attached hydrogens (tertiary/aromatic N) is 1. The summed E-state index contributed by atoms with van der Waals surface area (Å²) in [4.78, 5) is 12.1. The van der Waals surface area contributed by atoms with Gasteiger partial charge in [-0.2, -0.15) is 0 Å². The van der Waals surface area contributed by atoms with Gasteiger partial charge in [0.1, 0.15) is 5.75 Å². The van der Waals surface area contributed by atoms with Gasteiger partial charge in [0.05, 0.1) is 10.7 Å². The largest absolute Gasteiger partial charge is 0.508 e. The van der Waals surface area contributed by atoms with Crippen LogP contribution in [0.1, 0.15) is 15.9 Å². The molecule has 2 aromatic carbocycles. The first-order valence-corrected chi connectivity index (χ1v) is 6.27. The average Bonchev–Trinajstić information content (AvgIpc) is 2.49. The minimum absolute atomic E-state index is 0.0681. The third kappa shape index (κ3) is 3.43. The van der Waals surface area contributed by atoms with Gasteiger partial charge < -0.3 is 21.4 Å². The molecule has 0 saturated carbocycles. The van der Waals surface area contributed by atoms with Gasteiger partial charge in [0.25, 0.3) is 5.91 Å². The van der Waals surface area contributed by atoms with E-state index in [-0.39, 0.29) is 11.6 Å². The first-order valence-electron chi connectivity index (χ1n) is 5.89. The van der Waals surface area contributed by atoms with Crippen LogP contribution >= 0.6 is 11.6 Å². The summed E-state index contributed by atoms with van der Waals surface area (Å²) in [5, 5.41) is 23.7. The summed E-state index contributed by atoms with van der Waals surface area (Å²) in [7, 11) is 0. The van der Waals surface area contributed by atoms with E-state index < -0.39 is 5.91 Å². The molecule has 7 heteroatoms. The summed E-state index contributed by atoms with van der Waals surface area (Å²) in [6.45, 7) is 0. The lowest BCUT2D eigenvalue weighted by atomic mass is 10.1. The van der Waals surface area contributed by atoms with Crippen LogP contribution in [0, 0.1) is 0 Å². The molecule has 5 N–H and O–H groups in total. The highest BCUT2D eigenvalue weighted by Gasteiger charge is 2.10. The number of hydrogen-bond donors (Lipinski definition) is 4. The summed E-state index contributed by atoms with van der Waals surface area (Å²) in [6.07, 6.45) is 0. The lowest BCUT2D eigenvalue weighted by Crippen LogP contribution is -2.15. The molecular weight excluding hydrogens is 294 g/mol. The zero-order valence-corrected chi connectivity index (χ0v) is 11.5. The number of nitrogens with two attached hydrogens (primary N) is 1. The van der Waals surface area contributed by atoms with Crippen molar-refractivity contribution in [1.29, 1.82) is 0 Å². The van der Waals surface area contributed by atoms with Crippen molar-refractivity contribution in [2.45, 2.75) is 0 Å². The second-order valence-electron chi connectivity index (χ2n) is 4.18. The molecule has 0 aromatic heterocycles. The highest BCUT2D eigenvalue weighted by Crippen LogP contribution is 2.24. The normalized spacial score (nSPS) is 11.2. The van der Waals surface area contributed by atoms with Gasteiger partial charge >= 0.3 is 0 Å². The Hall–Kier alpha value is -2.73. The van der Waals surface area contributed by atoms with Gasteiger partial charge in [0.2, 0.25) is 0 Å². The number of oxime groups is 1. The number of phenols is 1. The number of carbonyl (C=O) groups excluding carboxylic acids is 1. The molecule has 0 unspecified atom stereocenters. The van der Waals surface area contributed by atoms with Gasteiger partial charge in [-0.05, 0) is 42.5 Å². The molecule has 0 spiro atoms. The maximum Gasteiger partial charge on any atom is 0.255 e. The van der Waals surface area contributed by atoms with Crippen LogP contribution in [0.15, 0.2) is 47.6 Å². The number of hydrogen-bond acceptors (Lipinski definition) is 4. The van der Waals surface area contributed by atoms with Crippen molar-refractivity contribution in [3.05, 3.63) is 58.6 Å². The van der Waals surface area contributed by atoms with E-state index in [9.17, 15) is 9.90 Å². The molecule has 0 aliphatic heterocycles. The van der Waals surface area contributed by atoms with E-state index in [0.29, 0.717) is 21.8 Å². The van der Waals surface area contributed by atoms with Crippen LogP contribution in [-0.4, -0.2) is 22.1 Å². The molecular formula is C14H12ClN3O3. The van der Waals surface area contributed by atoms with Crippen molar-refractivity contribution in [1.82, 2.24) is 0 Å². The second-order valence-corrected chi connectivity index (χ2v) is 4.59. The summed E-state index contributed by atoms with van der Waals surface area (Å²) in [5.74, 6) is -0.418. The summed E-state index contributed by atoms with van der Waals surface area (Å²) < 4.78 is 0. The Morgan fingerprint density at radius 2 is 1.76 bits per heavy atom. The monoisotopic (exact) mass is 305 g/mol. The third-order valence-corrected chi connectivity index (χ3v) is 3.08. The molecule has 2 rings (SSSR count). The van der Waals surface area contributed by atoms with Crippen LogP contribution in [0.3, 0.4) is 0 Å². The molecule has 0 aliphatic carbocycles. The topological polar surface area (TPSA) is 108 Å². The number of aromatic hydroxyl groups is 1. The summed E-state index contributed by atoms with van der Waals surface area (Å²) >= 11 is 6.00. The lowest BCUT2D eigenvalue weighted by molar-refractivity contribution is 0.102. The van der Waals surface area contributed by atoms with Crippen molar-refractivity contribution in [3.8, 4) is 5.75 Å². The molecule has 0 radical (unpaired) electrons. The maximum atomic E-state index is 12.1. The summed E-state index contributed by atoms with van der Waals surface area (Å²) in [6, 6.07) is 10.4. The zero-order chi connectivity index (χ0) is 15.4. The number of benzene rings is 2. The van der Waals surface area contributed by atoms with Crippen molar-refractivity contribution in [3.63, 3.8) is 0 Å². The Morgan fingerprint density at radius 1 is 1.14 bits per heavy atom. The Labute approximate surface area is 125 Å². The SMILES string of the molecule is N/C(=N/O)c1ccc(Cl)c(NC(=O)c2ccc(O)cc2)c1. The van der Waals surface area contributed by atoms with Crippen molar-refractivity contribution >= 4 is 29.0 Å². The van der Waals surface area contributed by atoms with E-state index in [1.54, 1.807) is 6.07 Å². The quantitative estimate of drug-likeness (QED) is 0.302. The van der Waals surface area contributed by atoms with Crippen molar-refractivity contribution in [2.24, 2.45) is 10.9 Å². The average molecular weight is 306 g/mol. The minimum atomic E-state index is -0.395. The molecule has 2 aromatic rings. The number of amidine groups is 1. The van der Waals surface area contributed by atoms with Crippen LogP contribution in [-0.2, 0) is 0 Å². The highest BCUT2D eigenvalue weighted by molar-refractivity contribution is 6.34. The number of anilines is 1. The van der Waals surface area contributed by atoms with Gasteiger partial charge in [0.15, 0.2) is 5.84 Å². The van der Waals surface area contributed by atoms with E-state index in [0.717, 1.165) is 0 Å². The lowest BCUT2D eigenvalue weighted by Gasteiger charge is -2.09.